The molecule has 1 saturated heterocycles. The zero-order valence-corrected chi connectivity index (χ0v) is 19.5. The molecule has 10 heteroatoms. The van der Waals surface area contributed by atoms with Gasteiger partial charge in [0, 0.05) is 29.6 Å². The number of esters is 1. The fourth-order valence-electron chi connectivity index (χ4n) is 3.54. The number of hydrogen-bond acceptors (Lipinski definition) is 7. The SMILES string of the molecule is CCCCN(C(=O)COC(=O)CCc1ncc(-c2ccc(Cl)cc2)o1)C1CCS(=O)(=O)C1. The molecule has 1 aliphatic heterocycles. The van der Waals surface area contributed by atoms with Gasteiger partial charge < -0.3 is 14.1 Å². The number of unbranched alkanes of at least 4 members (excludes halogenated alkanes) is 1. The molecule has 8 nitrogen and oxygen atoms in total. The van der Waals surface area contributed by atoms with Gasteiger partial charge in [-0.2, -0.15) is 0 Å². The second-order valence-corrected chi connectivity index (χ2v) is 10.4. The number of amides is 1. The Balaban J connectivity index is 1.48. The predicted molar refractivity (Wildman–Crippen MR) is 120 cm³/mol. The van der Waals surface area contributed by atoms with Crippen LogP contribution in [0.3, 0.4) is 0 Å². The Morgan fingerprint density at radius 1 is 1.28 bits per heavy atom. The Kier molecular flexibility index (Phi) is 8.31. The van der Waals surface area contributed by atoms with Gasteiger partial charge in [-0.05, 0) is 37.1 Å². The smallest absolute Gasteiger partial charge is 0.306 e. The maximum absolute atomic E-state index is 12.6. The van der Waals surface area contributed by atoms with Crippen LogP contribution in [0.5, 0.6) is 0 Å². The van der Waals surface area contributed by atoms with Crippen molar-refractivity contribution in [2.75, 3.05) is 24.7 Å². The van der Waals surface area contributed by atoms with Crippen LogP contribution in [-0.4, -0.2) is 60.9 Å². The van der Waals surface area contributed by atoms with Crippen molar-refractivity contribution < 1.29 is 27.2 Å². The summed E-state index contributed by atoms with van der Waals surface area (Å²) in [5, 5.41) is 0.619. The minimum absolute atomic E-state index is 0.0145. The molecule has 1 atom stereocenters. The summed E-state index contributed by atoms with van der Waals surface area (Å²) >= 11 is 5.88. The molecule has 2 heterocycles. The lowest BCUT2D eigenvalue weighted by molar-refractivity contribution is -0.152. The number of rotatable bonds is 10. The number of carbonyl (C=O) groups excluding carboxylic acids is 2. The summed E-state index contributed by atoms with van der Waals surface area (Å²) in [6, 6.07) is 6.77. The first-order chi connectivity index (χ1) is 15.3. The molecule has 1 aromatic heterocycles. The summed E-state index contributed by atoms with van der Waals surface area (Å²) in [6.45, 7) is 2.05. The van der Waals surface area contributed by atoms with Crippen LogP contribution in [0.2, 0.25) is 5.02 Å². The Labute approximate surface area is 192 Å². The van der Waals surface area contributed by atoms with Crippen LogP contribution in [0.25, 0.3) is 11.3 Å². The Hall–Kier alpha value is -2.39. The van der Waals surface area contributed by atoms with E-state index in [-0.39, 0.29) is 36.3 Å². The number of halogens is 1. The fraction of sp³-hybridized carbons (Fsp3) is 0.500. The third kappa shape index (κ3) is 6.80. The number of aryl methyl sites for hydroxylation is 1. The number of carbonyl (C=O) groups is 2. The Morgan fingerprint density at radius 2 is 2.03 bits per heavy atom. The van der Waals surface area contributed by atoms with E-state index in [1.807, 2.05) is 19.1 Å². The molecule has 1 amide bonds. The maximum atomic E-state index is 12.6. The molecule has 0 saturated carbocycles. The average molecular weight is 483 g/mol. The molecule has 0 radical (unpaired) electrons. The van der Waals surface area contributed by atoms with Crippen molar-refractivity contribution in [3.05, 3.63) is 41.4 Å². The number of benzene rings is 1. The number of nitrogens with zero attached hydrogens (tertiary/aromatic N) is 2. The second-order valence-electron chi connectivity index (χ2n) is 7.78. The number of ether oxygens (including phenoxy) is 1. The van der Waals surface area contributed by atoms with Crippen LogP contribution < -0.4 is 0 Å². The predicted octanol–water partition coefficient (Wildman–Crippen LogP) is 3.29. The van der Waals surface area contributed by atoms with Crippen molar-refractivity contribution in [2.24, 2.45) is 0 Å². The molecule has 1 unspecified atom stereocenters. The first kappa shape index (κ1) is 24.3. The van der Waals surface area contributed by atoms with E-state index in [4.69, 9.17) is 20.8 Å². The molecule has 2 aromatic rings. The standard InChI is InChI=1S/C22H27ClN2O6S/c1-2-3-11-25(18-10-12-32(28,29)15-18)21(26)14-30-22(27)9-8-20-24-13-19(31-20)16-4-6-17(23)7-5-16/h4-7,13,18H,2-3,8-12,14-15H2,1H3. The lowest BCUT2D eigenvalue weighted by Gasteiger charge is -2.28. The van der Waals surface area contributed by atoms with Gasteiger partial charge >= 0.3 is 5.97 Å². The van der Waals surface area contributed by atoms with Crippen molar-refractivity contribution in [1.29, 1.82) is 0 Å². The summed E-state index contributed by atoms with van der Waals surface area (Å²) in [5.74, 6) is 0.101. The van der Waals surface area contributed by atoms with Crippen LogP contribution in [0.15, 0.2) is 34.9 Å². The van der Waals surface area contributed by atoms with Gasteiger partial charge in [-0.3, -0.25) is 9.59 Å². The molecule has 174 valence electrons. The molecule has 1 aliphatic rings. The van der Waals surface area contributed by atoms with Crippen molar-refractivity contribution in [3.8, 4) is 11.3 Å². The Morgan fingerprint density at radius 3 is 2.69 bits per heavy atom. The Bertz CT molecular complexity index is 1030. The first-order valence-electron chi connectivity index (χ1n) is 10.6. The number of aromatic nitrogens is 1. The number of hydrogen-bond donors (Lipinski definition) is 0. The summed E-state index contributed by atoms with van der Waals surface area (Å²) in [6.07, 6.45) is 3.88. The highest BCUT2D eigenvalue weighted by atomic mass is 35.5. The molecule has 1 aromatic carbocycles. The highest BCUT2D eigenvalue weighted by Gasteiger charge is 2.34. The van der Waals surface area contributed by atoms with Crippen molar-refractivity contribution in [3.63, 3.8) is 0 Å². The van der Waals surface area contributed by atoms with E-state index >= 15 is 0 Å². The lowest BCUT2D eigenvalue weighted by Crippen LogP contribution is -2.43. The molecule has 32 heavy (non-hydrogen) atoms. The monoisotopic (exact) mass is 482 g/mol. The molecule has 1 fully saturated rings. The zero-order chi connectivity index (χ0) is 23.1. The zero-order valence-electron chi connectivity index (χ0n) is 18.0. The third-order valence-corrected chi connectivity index (χ3v) is 7.31. The summed E-state index contributed by atoms with van der Waals surface area (Å²) in [7, 11) is -3.12. The van der Waals surface area contributed by atoms with Gasteiger partial charge in [0.25, 0.3) is 5.91 Å². The van der Waals surface area contributed by atoms with Crippen molar-refractivity contribution >= 4 is 33.3 Å². The van der Waals surface area contributed by atoms with E-state index in [0.29, 0.717) is 29.6 Å². The van der Waals surface area contributed by atoms with Crippen LogP contribution >= 0.6 is 11.6 Å². The first-order valence-corrected chi connectivity index (χ1v) is 12.8. The molecular weight excluding hydrogens is 456 g/mol. The van der Waals surface area contributed by atoms with E-state index in [2.05, 4.69) is 4.98 Å². The van der Waals surface area contributed by atoms with Gasteiger partial charge in [-0.1, -0.05) is 24.9 Å². The number of oxazole rings is 1. The van der Waals surface area contributed by atoms with Gasteiger partial charge in [0.05, 0.1) is 24.1 Å². The van der Waals surface area contributed by atoms with Gasteiger partial charge in [-0.25, -0.2) is 13.4 Å². The van der Waals surface area contributed by atoms with Crippen molar-refractivity contribution in [1.82, 2.24) is 9.88 Å². The molecule has 0 aliphatic carbocycles. The lowest BCUT2D eigenvalue weighted by atomic mass is 10.2. The molecular formula is C22H27ClN2O6S. The minimum atomic E-state index is -3.12. The van der Waals surface area contributed by atoms with Crippen LogP contribution in [0.4, 0.5) is 0 Å². The molecule has 0 bridgehead atoms. The fourth-order valence-corrected chi connectivity index (χ4v) is 5.40. The maximum Gasteiger partial charge on any atom is 0.306 e. The molecule has 0 N–H and O–H groups in total. The second kappa shape index (κ2) is 11.0. The quantitative estimate of drug-likeness (QED) is 0.478. The highest BCUT2D eigenvalue weighted by Crippen LogP contribution is 2.23. The molecule has 0 spiro atoms. The normalized spacial score (nSPS) is 17.2. The van der Waals surface area contributed by atoms with E-state index in [1.54, 1.807) is 23.2 Å². The van der Waals surface area contributed by atoms with Crippen LogP contribution in [-0.2, 0) is 30.6 Å². The van der Waals surface area contributed by atoms with Crippen LogP contribution in [0.1, 0.15) is 38.5 Å². The summed E-state index contributed by atoms with van der Waals surface area (Å²) in [5.41, 5.74) is 0.822. The van der Waals surface area contributed by atoms with E-state index in [9.17, 15) is 18.0 Å². The van der Waals surface area contributed by atoms with Gasteiger partial charge in [0.15, 0.2) is 28.1 Å². The summed E-state index contributed by atoms with van der Waals surface area (Å²) in [4.78, 5) is 30.5. The van der Waals surface area contributed by atoms with Crippen molar-refractivity contribution in [2.45, 2.75) is 45.1 Å². The topological polar surface area (TPSA) is 107 Å². The van der Waals surface area contributed by atoms with Gasteiger partial charge in [-0.15, -0.1) is 0 Å². The van der Waals surface area contributed by atoms with Gasteiger partial charge in [0.2, 0.25) is 0 Å². The van der Waals surface area contributed by atoms with E-state index in [0.717, 1.165) is 18.4 Å². The average Bonchev–Trinajstić information content (AvgIpc) is 3.38. The number of sulfone groups is 1. The molecule has 3 rings (SSSR count). The summed E-state index contributed by atoms with van der Waals surface area (Å²) < 4.78 is 34.4. The van der Waals surface area contributed by atoms with Crippen LogP contribution in [0, 0.1) is 0 Å². The third-order valence-electron chi connectivity index (χ3n) is 5.30. The van der Waals surface area contributed by atoms with E-state index < -0.39 is 22.4 Å². The largest absolute Gasteiger partial charge is 0.456 e. The van der Waals surface area contributed by atoms with E-state index in [1.165, 1.54) is 0 Å². The van der Waals surface area contributed by atoms with Gasteiger partial charge in [0.1, 0.15) is 0 Å². The highest BCUT2D eigenvalue weighted by molar-refractivity contribution is 7.91. The minimum Gasteiger partial charge on any atom is -0.456 e.